The quantitative estimate of drug-likeness (QED) is 0.343. The first-order valence-corrected chi connectivity index (χ1v) is 5.80. The van der Waals surface area contributed by atoms with E-state index in [1.54, 1.807) is 6.92 Å². The first kappa shape index (κ1) is 11.7. The van der Waals surface area contributed by atoms with Crippen LogP contribution in [-0.4, -0.2) is 16.5 Å². The molecule has 0 N–H and O–H groups in total. The van der Waals surface area contributed by atoms with E-state index in [2.05, 4.69) is 0 Å². The maximum Gasteiger partial charge on any atom is 0.227 e. The number of rotatable bonds is 2. The lowest BCUT2D eigenvalue weighted by Crippen LogP contribution is -2.21. The third kappa shape index (κ3) is 1.93. The number of benzene rings is 1. The highest BCUT2D eigenvalue weighted by Gasteiger charge is 2.18. The lowest BCUT2D eigenvalue weighted by atomic mass is 10.1. The molecule has 90 valence electrons. The number of hydrogen-bond acceptors (Lipinski definition) is 2. The van der Waals surface area contributed by atoms with E-state index in [1.807, 2.05) is 45.0 Å². The van der Waals surface area contributed by atoms with Crippen LogP contribution >= 0.6 is 0 Å². The number of furan rings is 1. The zero-order valence-electron chi connectivity index (χ0n) is 10.7. The Kier molecular flexibility index (Phi) is 2.92. The van der Waals surface area contributed by atoms with E-state index >= 15 is 0 Å². The Morgan fingerprint density at radius 2 is 1.94 bits per heavy atom. The van der Waals surface area contributed by atoms with Crippen LogP contribution in [0.15, 0.2) is 28.7 Å². The van der Waals surface area contributed by atoms with Crippen molar-refractivity contribution in [1.82, 2.24) is 0 Å². The molecular weight excluding hydrogens is 214 g/mol. The summed E-state index contributed by atoms with van der Waals surface area (Å²) in [6.07, 6.45) is 0. The minimum Gasteiger partial charge on any atom is -0.623 e. The average Bonchev–Trinajstić information content (AvgIpc) is 2.65. The standard InChI is InChI=1S/C14H17NO2/c1-9(2)15(16)11(4)14-10(3)12-7-5-6-8-13(12)17-14/h5-9H,1-4H3. The number of hydrogen-bond donors (Lipinski definition) is 0. The molecule has 0 spiro atoms. The highest BCUT2D eigenvalue weighted by molar-refractivity contribution is 5.99. The van der Waals surface area contributed by atoms with Gasteiger partial charge >= 0.3 is 0 Å². The number of aryl methyl sites for hydroxylation is 1. The van der Waals surface area contributed by atoms with Crippen molar-refractivity contribution in [2.45, 2.75) is 33.7 Å². The van der Waals surface area contributed by atoms with Crippen LogP contribution in [0.4, 0.5) is 0 Å². The van der Waals surface area contributed by atoms with Crippen molar-refractivity contribution in [1.29, 1.82) is 0 Å². The van der Waals surface area contributed by atoms with Crippen LogP contribution in [0.5, 0.6) is 0 Å². The van der Waals surface area contributed by atoms with Crippen molar-refractivity contribution >= 4 is 16.7 Å². The molecule has 17 heavy (non-hydrogen) atoms. The molecular formula is C14H17NO2. The Labute approximate surface area is 101 Å². The van der Waals surface area contributed by atoms with Gasteiger partial charge < -0.3 is 9.62 Å². The molecule has 0 radical (unpaired) electrons. The van der Waals surface area contributed by atoms with Crippen molar-refractivity contribution < 1.29 is 9.16 Å². The average molecular weight is 231 g/mol. The van der Waals surface area contributed by atoms with E-state index in [1.165, 1.54) is 0 Å². The van der Waals surface area contributed by atoms with Gasteiger partial charge in [0.25, 0.3) is 0 Å². The van der Waals surface area contributed by atoms with E-state index in [-0.39, 0.29) is 6.04 Å². The lowest BCUT2D eigenvalue weighted by Gasteiger charge is -2.10. The third-order valence-electron chi connectivity index (χ3n) is 2.97. The molecule has 0 atom stereocenters. The van der Waals surface area contributed by atoms with E-state index in [4.69, 9.17) is 4.42 Å². The number of hydroxylamine groups is 1. The Morgan fingerprint density at radius 3 is 2.53 bits per heavy atom. The zero-order chi connectivity index (χ0) is 12.6. The summed E-state index contributed by atoms with van der Waals surface area (Å²) in [4.78, 5) is 0. The molecule has 1 aromatic heterocycles. The van der Waals surface area contributed by atoms with E-state index in [9.17, 15) is 5.21 Å². The number of fused-ring (bicyclic) bond motifs is 1. The van der Waals surface area contributed by atoms with Crippen molar-refractivity contribution in [3.8, 4) is 0 Å². The van der Waals surface area contributed by atoms with Crippen LogP contribution in [0.25, 0.3) is 11.0 Å². The summed E-state index contributed by atoms with van der Waals surface area (Å²) >= 11 is 0. The van der Waals surface area contributed by atoms with Crippen LogP contribution < -0.4 is 0 Å². The molecule has 1 heterocycles. The maximum atomic E-state index is 11.9. The minimum absolute atomic E-state index is 0.0809. The van der Waals surface area contributed by atoms with Gasteiger partial charge in [-0.2, -0.15) is 0 Å². The van der Waals surface area contributed by atoms with Gasteiger partial charge in [-0.25, -0.2) is 4.74 Å². The largest absolute Gasteiger partial charge is 0.623 e. The molecule has 3 heteroatoms. The zero-order valence-corrected chi connectivity index (χ0v) is 10.7. The van der Waals surface area contributed by atoms with Gasteiger partial charge in [-0.15, -0.1) is 0 Å². The van der Waals surface area contributed by atoms with Crippen LogP contribution in [0.3, 0.4) is 0 Å². The van der Waals surface area contributed by atoms with Gasteiger partial charge in [0.05, 0.1) is 0 Å². The van der Waals surface area contributed by atoms with E-state index in [0.717, 1.165) is 21.3 Å². The molecule has 0 aliphatic rings. The normalized spacial score (nSPS) is 13.2. The second kappa shape index (κ2) is 4.24. The van der Waals surface area contributed by atoms with Crippen molar-refractivity contribution in [3.63, 3.8) is 0 Å². The fourth-order valence-corrected chi connectivity index (χ4v) is 2.01. The molecule has 0 amide bonds. The summed E-state index contributed by atoms with van der Waals surface area (Å²) in [5.41, 5.74) is 2.49. The summed E-state index contributed by atoms with van der Waals surface area (Å²) < 4.78 is 6.74. The predicted octanol–water partition coefficient (Wildman–Crippen LogP) is 3.47. The van der Waals surface area contributed by atoms with Gasteiger partial charge in [-0.05, 0) is 26.8 Å². The van der Waals surface area contributed by atoms with Gasteiger partial charge in [-0.3, -0.25) is 0 Å². The van der Waals surface area contributed by atoms with Gasteiger partial charge in [-0.1, -0.05) is 18.2 Å². The highest BCUT2D eigenvalue weighted by Crippen LogP contribution is 2.25. The van der Waals surface area contributed by atoms with Crippen LogP contribution in [0.1, 0.15) is 32.1 Å². The second-order valence-electron chi connectivity index (χ2n) is 4.56. The van der Waals surface area contributed by atoms with Crippen molar-refractivity contribution in [2.24, 2.45) is 0 Å². The monoisotopic (exact) mass is 231 g/mol. The van der Waals surface area contributed by atoms with Gasteiger partial charge in [0.15, 0.2) is 11.8 Å². The lowest BCUT2D eigenvalue weighted by molar-refractivity contribution is -0.492. The predicted molar refractivity (Wildman–Crippen MR) is 69.5 cm³/mol. The third-order valence-corrected chi connectivity index (χ3v) is 2.97. The SMILES string of the molecule is CC(c1oc2ccccc2c1C)=[N+]([O-])C(C)C. The molecule has 1 aromatic carbocycles. The molecule has 2 aromatic rings. The van der Waals surface area contributed by atoms with Crippen molar-refractivity contribution in [3.05, 3.63) is 40.8 Å². The number of nitrogens with zero attached hydrogens (tertiary/aromatic N) is 1. The molecule has 0 saturated carbocycles. The molecule has 0 fully saturated rings. The molecule has 0 aliphatic carbocycles. The Balaban J connectivity index is 2.64. The minimum atomic E-state index is -0.0809. The number of para-hydroxylation sites is 1. The molecule has 3 nitrogen and oxygen atoms in total. The van der Waals surface area contributed by atoms with E-state index in [0.29, 0.717) is 11.5 Å². The van der Waals surface area contributed by atoms with Gasteiger partial charge in [0, 0.05) is 17.9 Å². The molecule has 2 rings (SSSR count). The van der Waals surface area contributed by atoms with Gasteiger partial charge in [0.2, 0.25) is 5.71 Å². The Morgan fingerprint density at radius 1 is 1.29 bits per heavy atom. The van der Waals surface area contributed by atoms with Crippen molar-refractivity contribution in [2.75, 3.05) is 0 Å². The smallest absolute Gasteiger partial charge is 0.227 e. The summed E-state index contributed by atoms with van der Waals surface area (Å²) in [5, 5.41) is 13.0. The molecule has 0 saturated heterocycles. The highest BCUT2D eigenvalue weighted by atomic mass is 16.5. The fraction of sp³-hybridized carbons (Fsp3) is 0.357. The van der Waals surface area contributed by atoms with Crippen LogP contribution in [0, 0.1) is 12.1 Å². The van der Waals surface area contributed by atoms with Gasteiger partial charge in [0.1, 0.15) is 5.58 Å². The van der Waals surface area contributed by atoms with Crippen LogP contribution in [-0.2, 0) is 0 Å². The molecule has 0 bridgehead atoms. The summed E-state index contributed by atoms with van der Waals surface area (Å²) in [5.74, 6) is 0.690. The second-order valence-corrected chi connectivity index (χ2v) is 4.56. The maximum absolute atomic E-state index is 11.9. The topological polar surface area (TPSA) is 39.2 Å². The summed E-state index contributed by atoms with van der Waals surface area (Å²) in [6.45, 7) is 7.53. The first-order chi connectivity index (χ1) is 8.02. The molecule has 0 unspecified atom stereocenters. The Bertz CT molecular complexity index is 579. The first-order valence-electron chi connectivity index (χ1n) is 5.80. The fourth-order valence-electron chi connectivity index (χ4n) is 2.01. The summed E-state index contributed by atoms with van der Waals surface area (Å²) in [6, 6.07) is 7.75. The van der Waals surface area contributed by atoms with E-state index < -0.39 is 0 Å². The summed E-state index contributed by atoms with van der Waals surface area (Å²) in [7, 11) is 0. The Hall–Kier alpha value is -1.77. The van der Waals surface area contributed by atoms with Crippen LogP contribution in [0.2, 0.25) is 0 Å². The molecule has 0 aliphatic heterocycles.